The summed E-state index contributed by atoms with van der Waals surface area (Å²) in [5, 5.41) is 0.467. The largest absolute Gasteiger partial charge is 0.327 e. The lowest BCUT2D eigenvalue weighted by Gasteiger charge is -2.20. The predicted molar refractivity (Wildman–Crippen MR) is 62.7 cm³/mol. The Morgan fingerprint density at radius 3 is 2.67 bits per heavy atom. The summed E-state index contributed by atoms with van der Waals surface area (Å²) in [4.78, 5) is 0. The third-order valence-electron chi connectivity index (χ3n) is 2.72. The van der Waals surface area contributed by atoms with Crippen LogP contribution in [0.2, 0.25) is 5.02 Å². The average molecular weight is 230 g/mol. The van der Waals surface area contributed by atoms with Gasteiger partial charge in [-0.1, -0.05) is 37.9 Å². The molecular formula is C12H17ClFN. The van der Waals surface area contributed by atoms with Gasteiger partial charge in [0, 0.05) is 11.1 Å². The van der Waals surface area contributed by atoms with Crippen LogP contribution in [0.4, 0.5) is 4.39 Å². The molecule has 2 atom stereocenters. The maximum absolute atomic E-state index is 12.8. The first-order valence-electron chi connectivity index (χ1n) is 5.26. The van der Waals surface area contributed by atoms with E-state index in [1.54, 1.807) is 6.07 Å². The molecule has 0 aromatic heterocycles. The average Bonchev–Trinajstić information content (AvgIpc) is 2.17. The van der Waals surface area contributed by atoms with E-state index in [0.717, 1.165) is 18.4 Å². The first-order chi connectivity index (χ1) is 7.06. The number of hydrogen-bond donors (Lipinski definition) is 1. The lowest BCUT2D eigenvalue weighted by Crippen LogP contribution is -2.26. The predicted octanol–water partition coefficient (Wildman–Crippen LogP) is 3.71. The Morgan fingerprint density at radius 1 is 1.47 bits per heavy atom. The van der Waals surface area contributed by atoms with E-state index in [2.05, 4.69) is 6.92 Å². The van der Waals surface area contributed by atoms with E-state index in [4.69, 9.17) is 17.3 Å². The monoisotopic (exact) mass is 229 g/mol. The van der Waals surface area contributed by atoms with Crippen molar-refractivity contribution in [3.05, 3.63) is 34.6 Å². The molecule has 0 aliphatic carbocycles. The van der Waals surface area contributed by atoms with Gasteiger partial charge in [-0.15, -0.1) is 0 Å². The molecular weight excluding hydrogens is 213 g/mol. The quantitative estimate of drug-likeness (QED) is 0.837. The molecule has 0 fully saturated rings. The second-order valence-electron chi connectivity index (χ2n) is 3.91. The third kappa shape index (κ3) is 3.18. The van der Waals surface area contributed by atoms with Gasteiger partial charge in [-0.25, -0.2) is 4.39 Å². The summed E-state index contributed by atoms with van der Waals surface area (Å²) in [7, 11) is 0. The van der Waals surface area contributed by atoms with Crippen molar-refractivity contribution in [3.8, 4) is 0 Å². The lowest BCUT2D eigenvalue weighted by molar-refractivity contribution is 0.521. The summed E-state index contributed by atoms with van der Waals surface area (Å²) < 4.78 is 12.8. The first-order valence-corrected chi connectivity index (χ1v) is 5.64. The maximum Gasteiger partial charge on any atom is 0.124 e. The Labute approximate surface area is 95.4 Å². The SMILES string of the molecule is CCCC(N)C(C)c1ccc(F)cc1Cl. The fourth-order valence-corrected chi connectivity index (χ4v) is 2.02. The molecule has 1 aromatic rings. The molecule has 0 radical (unpaired) electrons. The van der Waals surface area contributed by atoms with Crippen molar-refractivity contribution in [2.75, 3.05) is 0 Å². The molecule has 1 aromatic carbocycles. The Bertz CT molecular complexity index is 327. The summed E-state index contributed by atoms with van der Waals surface area (Å²) in [5.41, 5.74) is 6.94. The summed E-state index contributed by atoms with van der Waals surface area (Å²) in [5.74, 6) is -0.141. The molecule has 0 bridgehead atoms. The molecule has 0 aliphatic heterocycles. The second-order valence-corrected chi connectivity index (χ2v) is 4.31. The minimum Gasteiger partial charge on any atom is -0.327 e. The number of rotatable bonds is 4. The fourth-order valence-electron chi connectivity index (χ4n) is 1.68. The highest BCUT2D eigenvalue weighted by molar-refractivity contribution is 6.31. The summed E-state index contributed by atoms with van der Waals surface area (Å²) in [6.07, 6.45) is 2.00. The van der Waals surface area contributed by atoms with Gasteiger partial charge in [0.2, 0.25) is 0 Å². The van der Waals surface area contributed by atoms with Crippen LogP contribution >= 0.6 is 11.6 Å². The molecule has 0 spiro atoms. The van der Waals surface area contributed by atoms with Gasteiger partial charge < -0.3 is 5.73 Å². The zero-order valence-electron chi connectivity index (χ0n) is 9.13. The van der Waals surface area contributed by atoms with Gasteiger partial charge in [0.05, 0.1) is 0 Å². The van der Waals surface area contributed by atoms with Crippen LogP contribution in [0.1, 0.15) is 38.2 Å². The highest BCUT2D eigenvalue weighted by atomic mass is 35.5. The van der Waals surface area contributed by atoms with Crippen LogP contribution in [0.25, 0.3) is 0 Å². The second kappa shape index (κ2) is 5.47. The Kier molecular flexibility index (Phi) is 4.55. The van der Waals surface area contributed by atoms with Crippen molar-refractivity contribution in [2.24, 2.45) is 5.73 Å². The third-order valence-corrected chi connectivity index (χ3v) is 3.04. The highest BCUT2D eigenvalue weighted by Crippen LogP contribution is 2.28. The van der Waals surface area contributed by atoms with Crippen molar-refractivity contribution in [1.82, 2.24) is 0 Å². The van der Waals surface area contributed by atoms with Crippen LogP contribution in [0.5, 0.6) is 0 Å². The van der Waals surface area contributed by atoms with Crippen LogP contribution in [-0.2, 0) is 0 Å². The molecule has 1 nitrogen and oxygen atoms in total. The van der Waals surface area contributed by atoms with Crippen molar-refractivity contribution in [1.29, 1.82) is 0 Å². The van der Waals surface area contributed by atoms with E-state index in [1.165, 1.54) is 12.1 Å². The van der Waals surface area contributed by atoms with Crippen molar-refractivity contribution >= 4 is 11.6 Å². The molecule has 0 aliphatic rings. The Balaban J connectivity index is 2.86. The van der Waals surface area contributed by atoms with Gasteiger partial charge >= 0.3 is 0 Å². The Morgan fingerprint density at radius 2 is 2.13 bits per heavy atom. The van der Waals surface area contributed by atoms with Crippen LogP contribution < -0.4 is 5.73 Å². The molecule has 2 unspecified atom stereocenters. The van der Waals surface area contributed by atoms with Crippen LogP contribution in [0.3, 0.4) is 0 Å². The van der Waals surface area contributed by atoms with Gasteiger partial charge in [0.1, 0.15) is 5.82 Å². The van der Waals surface area contributed by atoms with Crippen LogP contribution in [0, 0.1) is 5.82 Å². The normalized spacial score (nSPS) is 15.0. The van der Waals surface area contributed by atoms with Crippen LogP contribution in [-0.4, -0.2) is 6.04 Å². The minimum absolute atomic E-state index is 0.0814. The molecule has 0 amide bonds. The number of hydrogen-bond acceptors (Lipinski definition) is 1. The minimum atomic E-state index is -0.306. The van der Waals surface area contributed by atoms with E-state index in [9.17, 15) is 4.39 Å². The highest BCUT2D eigenvalue weighted by Gasteiger charge is 2.16. The summed E-state index contributed by atoms with van der Waals surface area (Å²) in [6.45, 7) is 4.12. The number of nitrogens with two attached hydrogens (primary N) is 1. The van der Waals surface area contributed by atoms with Gasteiger partial charge in [0.15, 0.2) is 0 Å². The topological polar surface area (TPSA) is 26.0 Å². The summed E-state index contributed by atoms with van der Waals surface area (Å²) in [6, 6.07) is 4.57. The van der Waals surface area contributed by atoms with E-state index in [1.807, 2.05) is 6.92 Å². The molecule has 1 rings (SSSR count). The van der Waals surface area contributed by atoms with Crippen molar-refractivity contribution < 1.29 is 4.39 Å². The fraction of sp³-hybridized carbons (Fsp3) is 0.500. The first kappa shape index (κ1) is 12.5. The van der Waals surface area contributed by atoms with E-state index >= 15 is 0 Å². The van der Waals surface area contributed by atoms with Crippen molar-refractivity contribution in [3.63, 3.8) is 0 Å². The van der Waals surface area contributed by atoms with Gasteiger partial charge in [-0.3, -0.25) is 0 Å². The zero-order valence-corrected chi connectivity index (χ0v) is 9.89. The molecule has 0 saturated carbocycles. The molecule has 0 saturated heterocycles. The molecule has 0 heterocycles. The number of halogens is 2. The van der Waals surface area contributed by atoms with E-state index < -0.39 is 0 Å². The van der Waals surface area contributed by atoms with E-state index in [0.29, 0.717) is 5.02 Å². The zero-order chi connectivity index (χ0) is 11.4. The maximum atomic E-state index is 12.8. The standard InChI is InChI=1S/C12H17ClFN/c1-3-4-12(15)8(2)10-6-5-9(14)7-11(10)13/h5-8,12H,3-4,15H2,1-2H3. The summed E-state index contributed by atoms with van der Waals surface area (Å²) >= 11 is 5.97. The molecule has 15 heavy (non-hydrogen) atoms. The van der Waals surface area contributed by atoms with E-state index in [-0.39, 0.29) is 17.8 Å². The molecule has 2 N–H and O–H groups in total. The lowest BCUT2D eigenvalue weighted by atomic mass is 9.91. The van der Waals surface area contributed by atoms with Crippen molar-refractivity contribution in [2.45, 2.75) is 38.6 Å². The number of benzene rings is 1. The van der Waals surface area contributed by atoms with Gasteiger partial charge in [-0.2, -0.15) is 0 Å². The Hall–Kier alpha value is -0.600. The van der Waals surface area contributed by atoms with Gasteiger partial charge in [0.25, 0.3) is 0 Å². The smallest absolute Gasteiger partial charge is 0.124 e. The molecule has 84 valence electrons. The van der Waals surface area contributed by atoms with Crippen LogP contribution in [0.15, 0.2) is 18.2 Å². The van der Waals surface area contributed by atoms with Gasteiger partial charge in [-0.05, 0) is 30.0 Å². The molecule has 3 heteroatoms.